The van der Waals surface area contributed by atoms with Gasteiger partial charge in [-0.15, -0.1) is 0 Å². The summed E-state index contributed by atoms with van der Waals surface area (Å²) in [6.07, 6.45) is 7.11. The highest BCUT2D eigenvalue weighted by Crippen LogP contribution is 2.34. The number of carbonyl (C=O) groups is 4. The first-order chi connectivity index (χ1) is 13.0. The second-order valence-electron chi connectivity index (χ2n) is 7.81. The number of rotatable bonds is 7. The summed E-state index contributed by atoms with van der Waals surface area (Å²) in [5.41, 5.74) is 0. The van der Waals surface area contributed by atoms with Crippen LogP contribution in [0.3, 0.4) is 0 Å². The van der Waals surface area contributed by atoms with Crippen LogP contribution in [0.25, 0.3) is 0 Å². The lowest BCUT2D eigenvalue weighted by atomic mass is 9.89. The van der Waals surface area contributed by atoms with E-state index in [1.165, 1.54) is 4.90 Å². The van der Waals surface area contributed by atoms with E-state index in [4.69, 9.17) is 0 Å². The van der Waals surface area contributed by atoms with E-state index in [1.54, 1.807) is 0 Å². The van der Waals surface area contributed by atoms with Gasteiger partial charge in [-0.2, -0.15) is 0 Å². The van der Waals surface area contributed by atoms with Gasteiger partial charge in [-0.1, -0.05) is 12.8 Å². The maximum Gasteiger partial charge on any atom is 0.321 e. The van der Waals surface area contributed by atoms with Crippen molar-refractivity contribution >= 4 is 24.3 Å². The topological polar surface area (TPSA) is 119 Å². The zero-order chi connectivity index (χ0) is 19.4. The van der Waals surface area contributed by atoms with Crippen LogP contribution in [0.15, 0.2) is 0 Å². The maximum atomic E-state index is 13.2. The summed E-state index contributed by atoms with van der Waals surface area (Å²) in [5.74, 6) is -1.13. The summed E-state index contributed by atoms with van der Waals surface area (Å²) >= 11 is 0. The largest absolute Gasteiger partial charge is 0.335 e. The lowest BCUT2D eigenvalue weighted by Gasteiger charge is -2.31. The van der Waals surface area contributed by atoms with Gasteiger partial charge >= 0.3 is 6.03 Å². The normalized spacial score (nSPS) is 23.7. The smallest absolute Gasteiger partial charge is 0.321 e. The molecule has 2 atom stereocenters. The highest BCUT2D eigenvalue weighted by atomic mass is 16.5. The number of likely N-dealkylation sites (tertiary alicyclic amines) is 1. The van der Waals surface area contributed by atoms with Gasteiger partial charge in [0.2, 0.25) is 12.3 Å². The molecule has 3 rings (SSSR count). The van der Waals surface area contributed by atoms with E-state index in [9.17, 15) is 24.4 Å². The molecule has 9 nitrogen and oxygen atoms in total. The fourth-order valence-electron chi connectivity index (χ4n) is 4.19. The van der Waals surface area contributed by atoms with Crippen molar-refractivity contribution in [1.29, 1.82) is 0 Å². The van der Waals surface area contributed by atoms with Gasteiger partial charge in [0.05, 0.1) is 12.5 Å². The summed E-state index contributed by atoms with van der Waals surface area (Å²) < 4.78 is 0. The van der Waals surface area contributed by atoms with Crippen LogP contribution in [0.5, 0.6) is 0 Å². The Bertz CT molecular complexity index is 588. The molecule has 0 radical (unpaired) electrons. The van der Waals surface area contributed by atoms with Gasteiger partial charge in [-0.3, -0.25) is 24.9 Å². The Morgan fingerprint density at radius 3 is 2.44 bits per heavy atom. The molecule has 3 fully saturated rings. The lowest BCUT2D eigenvalue weighted by molar-refractivity contribution is -0.159. The molecule has 9 heteroatoms. The van der Waals surface area contributed by atoms with Crippen LogP contribution < -0.4 is 10.6 Å². The molecule has 2 aliphatic carbocycles. The Morgan fingerprint density at radius 2 is 1.81 bits per heavy atom. The summed E-state index contributed by atoms with van der Waals surface area (Å²) in [6, 6.07) is -1.06. The van der Waals surface area contributed by atoms with Crippen molar-refractivity contribution in [2.24, 2.45) is 11.8 Å². The molecule has 0 aromatic rings. The summed E-state index contributed by atoms with van der Waals surface area (Å²) in [6.45, 7) is 0.372. The number of hydrogen-bond acceptors (Lipinski definition) is 5. The predicted octanol–water partition coefficient (Wildman–Crippen LogP) is 0.620. The number of amides is 5. The molecular weight excluding hydrogens is 352 g/mol. The Labute approximate surface area is 158 Å². The van der Waals surface area contributed by atoms with E-state index in [1.807, 2.05) is 0 Å². The molecule has 27 heavy (non-hydrogen) atoms. The van der Waals surface area contributed by atoms with Crippen LogP contribution in [0.2, 0.25) is 0 Å². The van der Waals surface area contributed by atoms with Crippen LogP contribution in [0.1, 0.15) is 51.4 Å². The van der Waals surface area contributed by atoms with Crippen molar-refractivity contribution in [2.45, 2.75) is 63.5 Å². The molecule has 0 aromatic heterocycles. The molecule has 1 aliphatic heterocycles. The summed E-state index contributed by atoms with van der Waals surface area (Å²) in [5, 5.41) is 15.2. The average molecular weight is 380 g/mol. The number of hydrogen-bond donors (Lipinski definition) is 3. The van der Waals surface area contributed by atoms with Crippen molar-refractivity contribution < 1.29 is 24.4 Å². The van der Waals surface area contributed by atoms with Crippen LogP contribution in [0.4, 0.5) is 4.79 Å². The molecule has 5 amide bonds. The van der Waals surface area contributed by atoms with E-state index in [0.717, 1.165) is 38.5 Å². The monoisotopic (exact) mass is 380 g/mol. The molecule has 3 aliphatic rings. The Kier molecular flexibility index (Phi) is 6.30. The first kappa shape index (κ1) is 19.6. The van der Waals surface area contributed by atoms with Crippen LogP contribution in [0, 0.1) is 11.8 Å². The zero-order valence-electron chi connectivity index (χ0n) is 15.4. The van der Waals surface area contributed by atoms with Crippen molar-refractivity contribution in [1.82, 2.24) is 20.6 Å². The number of carbonyl (C=O) groups excluding carboxylic acids is 4. The Hall–Kier alpha value is -2.16. The van der Waals surface area contributed by atoms with E-state index in [2.05, 4.69) is 10.6 Å². The molecular formula is C18H28N4O5. The van der Waals surface area contributed by atoms with Gasteiger partial charge < -0.3 is 10.2 Å². The molecule has 1 unspecified atom stereocenters. The third kappa shape index (κ3) is 4.97. The zero-order valence-corrected chi connectivity index (χ0v) is 15.4. The van der Waals surface area contributed by atoms with Crippen molar-refractivity contribution in [3.8, 4) is 0 Å². The molecule has 0 spiro atoms. The first-order valence-corrected chi connectivity index (χ1v) is 9.82. The minimum Gasteiger partial charge on any atom is -0.335 e. The highest BCUT2D eigenvalue weighted by molar-refractivity contribution is 5.99. The van der Waals surface area contributed by atoms with Crippen molar-refractivity contribution in [3.05, 3.63) is 0 Å². The van der Waals surface area contributed by atoms with Gasteiger partial charge in [0.1, 0.15) is 6.04 Å². The second-order valence-corrected chi connectivity index (χ2v) is 7.81. The minimum atomic E-state index is -0.685. The molecule has 0 bridgehead atoms. The first-order valence-electron chi connectivity index (χ1n) is 9.82. The number of urea groups is 1. The van der Waals surface area contributed by atoms with Crippen LogP contribution in [-0.4, -0.2) is 64.6 Å². The number of nitrogens with one attached hydrogen (secondary N) is 2. The quantitative estimate of drug-likeness (QED) is 0.340. The number of imide groups is 1. The number of hydroxylamine groups is 2. The third-order valence-electron chi connectivity index (χ3n) is 5.78. The van der Waals surface area contributed by atoms with Crippen LogP contribution in [-0.2, 0) is 14.4 Å². The fourth-order valence-corrected chi connectivity index (χ4v) is 4.19. The SMILES string of the molecule is O=CN(O)CC(C(=O)N1CCC[C@H]1C(=O)NC(=O)NC1CC1)C1CCCC1. The van der Waals surface area contributed by atoms with E-state index >= 15 is 0 Å². The van der Waals surface area contributed by atoms with Crippen LogP contribution >= 0.6 is 0 Å². The average Bonchev–Trinajstić information content (AvgIpc) is 3.14. The van der Waals surface area contributed by atoms with E-state index in [0.29, 0.717) is 30.9 Å². The summed E-state index contributed by atoms with van der Waals surface area (Å²) in [4.78, 5) is 49.9. The minimum absolute atomic E-state index is 0.0694. The predicted molar refractivity (Wildman–Crippen MR) is 94.4 cm³/mol. The van der Waals surface area contributed by atoms with Crippen molar-refractivity contribution in [2.75, 3.05) is 13.1 Å². The molecule has 1 heterocycles. The van der Waals surface area contributed by atoms with Gasteiger partial charge in [-0.25, -0.2) is 9.86 Å². The van der Waals surface area contributed by atoms with E-state index in [-0.39, 0.29) is 24.4 Å². The van der Waals surface area contributed by atoms with Gasteiger partial charge in [0.15, 0.2) is 0 Å². The maximum absolute atomic E-state index is 13.2. The standard InChI is InChI=1S/C18H28N4O5/c23-11-21(27)10-14(12-4-1-2-5-12)17(25)22-9-3-6-15(22)16(24)20-18(26)19-13-7-8-13/h11-15,27H,1-10H2,(H2,19,20,24,26)/t14?,15-/m0/s1. The number of nitrogens with zero attached hydrogens (tertiary/aromatic N) is 2. The Morgan fingerprint density at radius 1 is 1.11 bits per heavy atom. The molecule has 1 saturated heterocycles. The second kappa shape index (κ2) is 8.69. The molecule has 150 valence electrons. The van der Waals surface area contributed by atoms with Gasteiger partial charge in [0.25, 0.3) is 5.91 Å². The molecule has 0 aromatic carbocycles. The molecule has 2 saturated carbocycles. The van der Waals surface area contributed by atoms with Gasteiger partial charge in [0, 0.05) is 12.6 Å². The lowest BCUT2D eigenvalue weighted by Crippen LogP contribution is -2.53. The van der Waals surface area contributed by atoms with E-state index < -0.39 is 23.9 Å². The third-order valence-corrected chi connectivity index (χ3v) is 5.78. The van der Waals surface area contributed by atoms with Crippen molar-refractivity contribution in [3.63, 3.8) is 0 Å². The molecule has 3 N–H and O–H groups in total. The van der Waals surface area contributed by atoms with Gasteiger partial charge in [-0.05, 0) is 44.4 Å². The summed E-state index contributed by atoms with van der Waals surface area (Å²) in [7, 11) is 0. The fraction of sp³-hybridized carbons (Fsp3) is 0.778. The Balaban J connectivity index is 1.64. The highest BCUT2D eigenvalue weighted by Gasteiger charge is 2.41.